The van der Waals surface area contributed by atoms with Gasteiger partial charge in [0, 0.05) is 12.3 Å². The number of hydrogen-bond donors (Lipinski definition) is 2. The van der Waals surface area contributed by atoms with E-state index in [0.717, 1.165) is 18.2 Å². The van der Waals surface area contributed by atoms with Crippen LogP contribution in [0.5, 0.6) is 0 Å². The normalized spacial score (nSPS) is 13.8. The Morgan fingerprint density at radius 2 is 1.63 bits per heavy atom. The Bertz CT molecular complexity index is 972. The number of halogens is 1. The highest BCUT2D eigenvalue weighted by Gasteiger charge is 2.18. The number of nitrogens with one attached hydrogen (secondary N) is 2. The fraction of sp³-hybridized carbons (Fsp3) is 0.435. The molecular weight excluding hydrogens is 420 g/mol. The van der Waals surface area contributed by atoms with Crippen molar-refractivity contribution >= 4 is 33.0 Å². The molecule has 2 aromatic carbocycles. The average molecular weight is 451 g/mol. The molecule has 0 spiro atoms. The Kier molecular flexibility index (Phi) is 8.47. The molecule has 0 aliphatic carbocycles. The summed E-state index contributed by atoms with van der Waals surface area (Å²) in [5.41, 5.74) is 2.72. The Labute approximate surface area is 185 Å². The number of hydrogen-bond acceptors (Lipinski definition) is 4. The van der Waals surface area contributed by atoms with Crippen LogP contribution < -0.4 is 10.6 Å². The van der Waals surface area contributed by atoms with Crippen LogP contribution in [0.2, 0.25) is 5.02 Å². The summed E-state index contributed by atoms with van der Waals surface area (Å²) in [4.78, 5) is 12.6. The van der Waals surface area contributed by atoms with Crippen molar-refractivity contribution < 1.29 is 13.2 Å². The number of amides is 1. The molecular formula is C23H31ClN2O3S. The first-order chi connectivity index (χ1) is 14.0. The quantitative estimate of drug-likeness (QED) is 0.551. The molecule has 2 rings (SSSR count). The van der Waals surface area contributed by atoms with Gasteiger partial charge < -0.3 is 10.6 Å². The van der Waals surface area contributed by atoms with Gasteiger partial charge in [-0.3, -0.25) is 4.79 Å². The van der Waals surface area contributed by atoms with Gasteiger partial charge in [-0.25, -0.2) is 8.42 Å². The van der Waals surface area contributed by atoms with E-state index in [1.54, 1.807) is 0 Å². The SMILES string of the molecule is CC[C@@H](C)c1ccc([C@H](NCC(=O)Nc2cc(S(C)(=O)=O)ccc2Cl)C(C)C)cc1. The Balaban J connectivity index is 2.07. The van der Waals surface area contributed by atoms with Gasteiger partial charge in [0.1, 0.15) is 0 Å². The molecule has 0 aliphatic heterocycles. The molecule has 0 aliphatic rings. The van der Waals surface area contributed by atoms with Crippen molar-refractivity contribution in [2.75, 3.05) is 18.1 Å². The van der Waals surface area contributed by atoms with Gasteiger partial charge in [-0.15, -0.1) is 0 Å². The van der Waals surface area contributed by atoms with Crippen LogP contribution in [0.25, 0.3) is 0 Å². The second-order valence-electron chi connectivity index (χ2n) is 8.04. The van der Waals surface area contributed by atoms with Crippen LogP contribution in [0.1, 0.15) is 57.2 Å². The van der Waals surface area contributed by atoms with E-state index < -0.39 is 9.84 Å². The first-order valence-corrected chi connectivity index (χ1v) is 12.4. The molecule has 1 amide bonds. The third-order valence-corrected chi connectivity index (χ3v) is 6.71. The summed E-state index contributed by atoms with van der Waals surface area (Å²) in [6.45, 7) is 8.67. The van der Waals surface area contributed by atoms with Crippen LogP contribution in [-0.4, -0.2) is 27.1 Å². The molecule has 0 fully saturated rings. The second kappa shape index (κ2) is 10.4. The molecule has 0 heterocycles. The Hall–Kier alpha value is -1.89. The Morgan fingerprint density at radius 1 is 1.03 bits per heavy atom. The molecule has 0 unspecified atom stereocenters. The van der Waals surface area contributed by atoms with Crippen molar-refractivity contribution in [3.63, 3.8) is 0 Å². The largest absolute Gasteiger partial charge is 0.324 e. The molecule has 5 nitrogen and oxygen atoms in total. The van der Waals surface area contributed by atoms with E-state index in [1.807, 2.05) is 0 Å². The monoisotopic (exact) mass is 450 g/mol. The number of rotatable bonds is 9. The third-order valence-electron chi connectivity index (χ3n) is 5.27. The summed E-state index contributed by atoms with van der Waals surface area (Å²) >= 11 is 6.12. The summed E-state index contributed by atoms with van der Waals surface area (Å²) in [7, 11) is -3.39. The molecule has 2 aromatic rings. The lowest BCUT2D eigenvalue weighted by Gasteiger charge is -2.23. The fourth-order valence-corrected chi connectivity index (χ4v) is 4.05. The van der Waals surface area contributed by atoms with Crippen LogP contribution in [0, 0.1) is 5.92 Å². The molecule has 30 heavy (non-hydrogen) atoms. The highest BCUT2D eigenvalue weighted by Crippen LogP contribution is 2.27. The number of anilines is 1. The maximum absolute atomic E-state index is 12.5. The van der Waals surface area contributed by atoms with Crippen molar-refractivity contribution in [1.82, 2.24) is 5.32 Å². The lowest BCUT2D eigenvalue weighted by atomic mass is 9.92. The van der Waals surface area contributed by atoms with Gasteiger partial charge in [-0.05, 0) is 47.6 Å². The minimum Gasteiger partial charge on any atom is -0.324 e. The zero-order valence-corrected chi connectivity index (χ0v) is 19.8. The first kappa shape index (κ1) is 24.4. The molecule has 0 saturated carbocycles. The highest BCUT2D eigenvalue weighted by molar-refractivity contribution is 7.90. The lowest BCUT2D eigenvalue weighted by molar-refractivity contribution is -0.115. The van der Waals surface area contributed by atoms with Gasteiger partial charge in [0.15, 0.2) is 9.84 Å². The topological polar surface area (TPSA) is 75.3 Å². The summed E-state index contributed by atoms with van der Waals surface area (Å²) in [6.07, 6.45) is 2.21. The van der Waals surface area contributed by atoms with Crippen LogP contribution in [0.3, 0.4) is 0 Å². The molecule has 0 aromatic heterocycles. The van der Waals surface area contributed by atoms with E-state index in [4.69, 9.17) is 11.6 Å². The minimum atomic E-state index is -3.39. The molecule has 2 N–H and O–H groups in total. The maximum Gasteiger partial charge on any atom is 0.238 e. The van der Waals surface area contributed by atoms with Crippen LogP contribution in [0.15, 0.2) is 47.4 Å². The number of benzene rings is 2. The van der Waals surface area contributed by atoms with E-state index in [0.29, 0.717) is 5.92 Å². The summed E-state index contributed by atoms with van der Waals surface area (Å²) in [5, 5.41) is 6.30. The van der Waals surface area contributed by atoms with Crippen molar-refractivity contribution in [3.05, 3.63) is 58.6 Å². The first-order valence-electron chi connectivity index (χ1n) is 10.2. The molecule has 0 bridgehead atoms. The summed E-state index contributed by atoms with van der Waals surface area (Å²) in [6, 6.07) is 12.8. The molecule has 7 heteroatoms. The van der Waals surface area contributed by atoms with Crippen molar-refractivity contribution in [2.45, 2.75) is 51.0 Å². The van der Waals surface area contributed by atoms with Crippen molar-refractivity contribution in [2.24, 2.45) is 5.92 Å². The Morgan fingerprint density at radius 3 is 2.17 bits per heavy atom. The molecule has 164 valence electrons. The van der Waals surface area contributed by atoms with Gasteiger partial charge in [0.05, 0.1) is 22.2 Å². The predicted octanol–water partition coefficient (Wildman–Crippen LogP) is 5.18. The van der Waals surface area contributed by atoms with Gasteiger partial charge in [0.2, 0.25) is 5.91 Å². The van der Waals surface area contributed by atoms with E-state index in [-0.39, 0.29) is 40.0 Å². The van der Waals surface area contributed by atoms with Crippen LogP contribution >= 0.6 is 11.6 Å². The van der Waals surface area contributed by atoms with Gasteiger partial charge in [-0.2, -0.15) is 0 Å². The number of carbonyl (C=O) groups is 1. The molecule has 0 radical (unpaired) electrons. The second-order valence-corrected chi connectivity index (χ2v) is 10.5. The average Bonchev–Trinajstić information content (AvgIpc) is 2.68. The molecule has 2 atom stereocenters. The number of sulfone groups is 1. The van der Waals surface area contributed by atoms with Crippen LogP contribution in [0.4, 0.5) is 5.69 Å². The molecule has 0 saturated heterocycles. The fourth-order valence-electron chi connectivity index (χ4n) is 3.23. The van der Waals surface area contributed by atoms with Crippen molar-refractivity contribution in [1.29, 1.82) is 0 Å². The van der Waals surface area contributed by atoms with E-state index in [1.165, 1.54) is 23.8 Å². The van der Waals surface area contributed by atoms with Gasteiger partial charge in [-0.1, -0.05) is 63.6 Å². The van der Waals surface area contributed by atoms with Crippen molar-refractivity contribution in [3.8, 4) is 0 Å². The van der Waals surface area contributed by atoms with Gasteiger partial charge in [0.25, 0.3) is 0 Å². The van der Waals surface area contributed by atoms with E-state index in [2.05, 4.69) is 62.6 Å². The summed E-state index contributed by atoms with van der Waals surface area (Å²) < 4.78 is 23.5. The zero-order chi connectivity index (χ0) is 22.5. The zero-order valence-electron chi connectivity index (χ0n) is 18.2. The predicted molar refractivity (Wildman–Crippen MR) is 124 cm³/mol. The van der Waals surface area contributed by atoms with Crippen LogP contribution in [-0.2, 0) is 14.6 Å². The maximum atomic E-state index is 12.5. The lowest BCUT2D eigenvalue weighted by Crippen LogP contribution is -2.33. The van der Waals surface area contributed by atoms with Gasteiger partial charge >= 0.3 is 0 Å². The summed E-state index contributed by atoms with van der Waals surface area (Å²) in [5.74, 6) is 0.511. The van der Waals surface area contributed by atoms with E-state index >= 15 is 0 Å². The highest BCUT2D eigenvalue weighted by atomic mass is 35.5. The number of carbonyl (C=O) groups excluding carboxylic acids is 1. The minimum absolute atomic E-state index is 0.0135. The standard InChI is InChI=1S/C23H31ClN2O3S/c1-6-16(4)17-7-9-18(10-8-17)23(15(2)3)25-14-22(27)26-21-13-19(30(5,28)29)11-12-20(21)24/h7-13,15-16,23,25H,6,14H2,1-5H3,(H,26,27)/t16-,23-/m1/s1. The van der Waals surface area contributed by atoms with E-state index in [9.17, 15) is 13.2 Å². The smallest absolute Gasteiger partial charge is 0.238 e. The third kappa shape index (κ3) is 6.56.